The predicted octanol–water partition coefficient (Wildman–Crippen LogP) is 2.63. The van der Waals surface area contributed by atoms with E-state index in [0.717, 1.165) is 71.8 Å². The van der Waals surface area contributed by atoms with Crippen molar-refractivity contribution >= 4 is 64.8 Å². The molecule has 0 saturated carbocycles. The molecule has 2 aromatic rings. The lowest BCUT2D eigenvalue weighted by molar-refractivity contribution is 0.588. The number of anilines is 2. The van der Waals surface area contributed by atoms with Gasteiger partial charge in [0.1, 0.15) is 9.21 Å². The van der Waals surface area contributed by atoms with Crippen LogP contribution in [0.3, 0.4) is 0 Å². The summed E-state index contributed by atoms with van der Waals surface area (Å²) in [4.78, 5) is 13.4. The molecule has 132 valence electrons. The second kappa shape index (κ2) is 9.44. The molecule has 10 heteroatoms. The van der Waals surface area contributed by atoms with Crippen LogP contribution in [0.4, 0.5) is 10.3 Å². The van der Waals surface area contributed by atoms with E-state index in [1.807, 2.05) is 10.8 Å². The fourth-order valence-corrected chi connectivity index (χ4v) is 5.10. The van der Waals surface area contributed by atoms with E-state index in [9.17, 15) is 0 Å². The van der Waals surface area contributed by atoms with Crippen LogP contribution in [0.15, 0.2) is 20.0 Å². The smallest absolute Gasteiger partial charge is 0.186 e. The van der Waals surface area contributed by atoms with Crippen molar-refractivity contribution in [3.8, 4) is 0 Å². The van der Waals surface area contributed by atoms with E-state index in [2.05, 4.69) is 62.3 Å². The van der Waals surface area contributed by atoms with Gasteiger partial charge in [0.25, 0.3) is 0 Å². The van der Waals surface area contributed by atoms with E-state index in [-0.39, 0.29) is 0 Å². The third-order valence-electron chi connectivity index (χ3n) is 3.70. The fourth-order valence-electron chi connectivity index (χ4n) is 2.49. The van der Waals surface area contributed by atoms with Crippen molar-refractivity contribution in [2.24, 2.45) is 0 Å². The van der Waals surface area contributed by atoms with Crippen molar-refractivity contribution in [1.29, 1.82) is 0 Å². The van der Waals surface area contributed by atoms with Crippen molar-refractivity contribution in [1.82, 2.24) is 20.6 Å². The maximum Gasteiger partial charge on any atom is 0.186 e. The molecule has 2 N–H and O–H groups in total. The Hall–Kier alpha value is -0.260. The lowest BCUT2D eigenvalue weighted by Gasteiger charge is -2.26. The number of thiazole rings is 2. The molecule has 0 amide bonds. The highest BCUT2D eigenvalue weighted by Crippen LogP contribution is 2.24. The van der Waals surface area contributed by atoms with Crippen LogP contribution in [0.1, 0.15) is 0 Å². The lowest BCUT2D eigenvalue weighted by Crippen LogP contribution is -2.43. The molecule has 2 fully saturated rings. The summed E-state index contributed by atoms with van der Waals surface area (Å²) in [6.07, 6.45) is 0. The molecule has 2 aliphatic rings. The van der Waals surface area contributed by atoms with E-state index in [4.69, 9.17) is 0 Å². The van der Waals surface area contributed by atoms with Gasteiger partial charge in [-0.15, -0.1) is 22.7 Å². The molecule has 4 rings (SSSR count). The minimum atomic E-state index is 0.945. The highest BCUT2D eigenvalue weighted by Gasteiger charge is 2.13. The Morgan fingerprint density at radius 1 is 0.750 bits per heavy atom. The molecule has 0 aliphatic carbocycles. The molecular formula is C14H20Br2N6S2. The normalized spacial score (nSPS) is 18.2. The lowest BCUT2D eigenvalue weighted by atomic mass is 10.4. The topological polar surface area (TPSA) is 56.3 Å². The van der Waals surface area contributed by atoms with Crippen LogP contribution in [0, 0.1) is 0 Å². The monoisotopic (exact) mass is 494 g/mol. The van der Waals surface area contributed by atoms with Crippen molar-refractivity contribution in [3.05, 3.63) is 20.0 Å². The van der Waals surface area contributed by atoms with E-state index >= 15 is 0 Å². The largest absolute Gasteiger partial charge is 0.346 e. The second-order valence-corrected chi connectivity index (χ2v) is 8.68. The number of hydrogen-bond donors (Lipinski definition) is 2. The van der Waals surface area contributed by atoms with Crippen LogP contribution in [-0.4, -0.2) is 62.3 Å². The van der Waals surface area contributed by atoms with Crippen LogP contribution in [0.2, 0.25) is 0 Å². The van der Waals surface area contributed by atoms with Crippen LogP contribution in [0.25, 0.3) is 0 Å². The summed E-state index contributed by atoms with van der Waals surface area (Å²) in [5.74, 6) is 0. The van der Waals surface area contributed by atoms with Crippen LogP contribution < -0.4 is 20.4 Å². The third kappa shape index (κ3) is 5.37. The van der Waals surface area contributed by atoms with Gasteiger partial charge >= 0.3 is 0 Å². The van der Waals surface area contributed by atoms with E-state index < -0.39 is 0 Å². The number of halogens is 2. The molecule has 0 radical (unpaired) electrons. The molecule has 2 saturated heterocycles. The molecule has 0 unspecified atom stereocenters. The van der Waals surface area contributed by atoms with Crippen molar-refractivity contribution in [3.63, 3.8) is 0 Å². The molecule has 2 aromatic heterocycles. The zero-order valence-corrected chi connectivity index (χ0v) is 18.0. The summed E-state index contributed by atoms with van der Waals surface area (Å²) in [5, 5.41) is 12.9. The van der Waals surface area contributed by atoms with Crippen LogP contribution in [-0.2, 0) is 0 Å². The minimum Gasteiger partial charge on any atom is -0.346 e. The standard InChI is InChI=1S/2C7H10BrN3S/c2*8-6-5-12-7(10-6)11-3-1-9-2-4-11/h2*5,9H,1-4H2. The Morgan fingerprint density at radius 2 is 1.12 bits per heavy atom. The SMILES string of the molecule is Brc1csc(N2CCNCC2)n1.Brc1csc(N2CCNCC2)n1. The maximum absolute atomic E-state index is 4.37. The zero-order valence-electron chi connectivity index (χ0n) is 13.2. The van der Waals surface area contributed by atoms with Crippen molar-refractivity contribution < 1.29 is 0 Å². The molecule has 2 aliphatic heterocycles. The first-order chi connectivity index (χ1) is 11.7. The van der Waals surface area contributed by atoms with Gasteiger partial charge in [-0.3, -0.25) is 0 Å². The van der Waals surface area contributed by atoms with E-state index in [1.54, 1.807) is 22.7 Å². The van der Waals surface area contributed by atoms with Crippen LogP contribution >= 0.6 is 54.5 Å². The molecule has 0 spiro atoms. The van der Waals surface area contributed by atoms with Gasteiger partial charge in [0, 0.05) is 63.1 Å². The molecular weight excluding hydrogens is 476 g/mol. The highest BCUT2D eigenvalue weighted by molar-refractivity contribution is 9.10. The van der Waals surface area contributed by atoms with Gasteiger partial charge in [0.05, 0.1) is 0 Å². The molecule has 0 aromatic carbocycles. The molecule has 6 nitrogen and oxygen atoms in total. The average molecular weight is 496 g/mol. The van der Waals surface area contributed by atoms with Gasteiger partial charge < -0.3 is 20.4 Å². The van der Waals surface area contributed by atoms with Crippen molar-refractivity contribution in [2.45, 2.75) is 0 Å². The number of rotatable bonds is 2. The summed E-state index contributed by atoms with van der Waals surface area (Å²) in [6.45, 7) is 8.54. The van der Waals surface area contributed by atoms with Gasteiger partial charge in [0.2, 0.25) is 0 Å². The predicted molar refractivity (Wildman–Crippen MR) is 110 cm³/mol. The number of piperazine rings is 2. The molecule has 4 heterocycles. The highest BCUT2D eigenvalue weighted by atomic mass is 79.9. The third-order valence-corrected chi connectivity index (χ3v) is 6.92. The first kappa shape index (κ1) is 18.5. The fraction of sp³-hybridized carbons (Fsp3) is 0.571. The Morgan fingerprint density at radius 3 is 1.42 bits per heavy atom. The first-order valence-electron chi connectivity index (χ1n) is 7.86. The number of nitrogens with one attached hydrogen (secondary N) is 2. The van der Waals surface area contributed by atoms with Gasteiger partial charge in [0.15, 0.2) is 10.3 Å². The van der Waals surface area contributed by atoms with Gasteiger partial charge in [-0.05, 0) is 31.9 Å². The quantitative estimate of drug-likeness (QED) is 0.667. The van der Waals surface area contributed by atoms with E-state index in [0.29, 0.717) is 0 Å². The Labute approximate surface area is 166 Å². The number of aromatic nitrogens is 2. The van der Waals surface area contributed by atoms with Crippen molar-refractivity contribution in [2.75, 3.05) is 62.2 Å². The Kier molecular flexibility index (Phi) is 7.29. The summed E-state index contributed by atoms with van der Waals surface area (Å²) in [6, 6.07) is 0. The molecule has 0 bridgehead atoms. The minimum absolute atomic E-state index is 0.945. The summed E-state index contributed by atoms with van der Waals surface area (Å²) in [7, 11) is 0. The number of nitrogens with zero attached hydrogens (tertiary/aromatic N) is 4. The Balaban J connectivity index is 0.000000141. The zero-order chi connectivity index (χ0) is 16.8. The first-order valence-corrected chi connectivity index (χ1v) is 11.2. The Bertz CT molecular complexity index is 568. The van der Waals surface area contributed by atoms with E-state index in [1.165, 1.54) is 0 Å². The summed E-state index contributed by atoms with van der Waals surface area (Å²) >= 11 is 10.1. The van der Waals surface area contributed by atoms with Gasteiger partial charge in [-0.2, -0.15) is 0 Å². The molecule has 0 atom stereocenters. The van der Waals surface area contributed by atoms with Crippen LogP contribution in [0.5, 0.6) is 0 Å². The number of hydrogen-bond acceptors (Lipinski definition) is 8. The molecule has 24 heavy (non-hydrogen) atoms. The summed E-state index contributed by atoms with van der Waals surface area (Å²) in [5.41, 5.74) is 0. The summed E-state index contributed by atoms with van der Waals surface area (Å²) < 4.78 is 1.89. The van der Waals surface area contributed by atoms with Gasteiger partial charge in [-0.1, -0.05) is 0 Å². The average Bonchev–Trinajstić information content (AvgIpc) is 3.26. The maximum atomic E-state index is 4.37. The second-order valence-electron chi connectivity index (χ2n) is 5.38. The van der Waals surface area contributed by atoms with Gasteiger partial charge in [-0.25, -0.2) is 9.97 Å².